The largest absolute Gasteiger partial charge is 0.450 e. The van der Waals surface area contributed by atoms with Crippen molar-refractivity contribution in [1.29, 1.82) is 10.5 Å². The molecule has 0 aliphatic rings. The third-order valence-electron chi connectivity index (χ3n) is 3.12. The molecule has 0 atom stereocenters. The number of para-hydroxylation sites is 1. The number of nitrogens with zero attached hydrogens (tertiary/aromatic N) is 2. The van der Waals surface area contributed by atoms with E-state index in [-0.39, 0.29) is 5.75 Å². The predicted molar refractivity (Wildman–Crippen MR) is 71.7 cm³/mol. The van der Waals surface area contributed by atoms with Gasteiger partial charge in [0.05, 0.1) is 0 Å². The van der Waals surface area contributed by atoms with Crippen molar-refractivity contribution in [2.24, 2.45) is 0 Å². The van der Waals surface area contributed by atoms with Gasteiger partial charge in [-0.05, 0) is 25.0 Å². The van der Waals surface area contributed by atoms with Crippen LogP contribution in [0.2, 0.25) is 0 Å². The van der Waals surface area contributed by atoms with E-state index < -0.39 is 34.3 Å². The molecule has 2 rings (SSSR count). The van der Waals surface area contributed by atoms with E-state index >= 15 is 0 Å². The number of nitriles is 2. The van der Waals surface area contributed by atoms with Crippen molar-refractivity contribution in [3.8, 4) is 23.6 Å². The molecular weight excluding hydrogens is 293 g/mol. The Kier molecular flexibility index (Phi) is 4.05. The summed E-state index contributed by atoms with van der Waals surface area (Å²) in [6.45, 7) is 3.31. The van der Waals surface area contributed by atoms with Crippen LogP contribution < -0.4 is 4.74 Å². The maximum atomic E-state index is 14.2. The highest BCUT2D eigenvalue weighted by Gasteiger charge is 2.27. The summed E-state index contributed by atoms with van der Waals surface area (Å²) in [6.07, 6.45) is 0. The SMILES string of the molecule is Cc1cccc(C)c1Oc1c(F)c(F)c(C#N)c(C#N)c1F. The quantitative estimate of drug-likeness (QED) is 0.779. The van der Waals surface area contributed by atoms with Crippen LogP contribution >= 0.6 is 0 Å². The summed E-state index contributed by atoms with van der Waals surface area (Å²) in [5, 5.41) is 17.6. The highest BCUT2D eigenvalue weighted by atomic mass is 19.2. The van der Waals surface area contributed by atoms with Crippen LogP contribution in [0.4, 0.5) is 13.2 Å². The lowest BCUT2D eigenvalue weighted by molar-refractivity contribution is 0.382. The van der Waals surface area contributed by atoms with E-state index in [2.05, 4.69) is 0 Å². The molecule has 22 heavy (non-hydrogen) atoms. The Morgan fingerprint density at radius 3 is 1.82 bits per heavy atom. The summed E-state index contributed by atoms with van der Waals surface area (Å²) in [6, 6.07) is 7.67. The topological polar surface area (TPSA) is 56.8 Å². The van der Waals surface area contributed by atoms with Crippen LogP contribution in [0.15, 0.2) is 18.2 Å². The molecule has 3 nitrogen and oxygen atoms in total. The molecule has 0 radical (unpaired) electrons. The minimum Gasteiger partial charge on any atom is -0.450 e. The Bertz CT molecular complexity index is 828. The van der Waals surface area contributed by atoms with Gasteiger partial charge in [-0.25, -0.2) is 8.78 Å². The van der Waals surface area contributed by atoms with E-state index in [9.17, 15) is 13.2 Å². The first-order valence-electron chi connectivity index (χ1n) is 6.17. The van der Waals surface area contributed by atoms with E-state index in [0.29, 0.717) is 11.1 Å². The zero-order valence-corrected chi connectivity index (χ0v) is 11.7. The number of benzene rings is 2. The molecule has 0 unspecified atom stereocenters. The van der Waals surface area contributed by atoms with E-state index in [0.717, 1.165) is 0 Å². The third-order valence-corrected chi connectivity index (χ3v) is 3.12. The van der Waals surface area contributed by atoms with E-state index in [4.69, 9.17) is 15.3 Å². The smallest absolute Gasteiger partial charge is 0.205 e. The summed E-state index contributed by atoms with van der Waals surface area (Å²) < 4.78 is 47.2. The predicted octanol–water partition coefficient (Wildman–Crippen LogP) is 4.26. The lowest BCUT2D eigenvalue weighted by Gasteiger charge is -2.14. The third kappa shape index (κ3) is 2.36. The van der Waals surface area contributed by atoms with Crippen molar-refractivity contribution in [1.82, 2.24) is 0 Å². The molecule has 6 heteroatoms. The Hall–Kier alpha value is -2.99. The minimum atomic E-state index is -1.64. The van der Waals surface area contributed by atoms with Crippen molar-refractivity contribution >= 4 is 0 Å². The molecule has 0 aromatic heterocycles. The van der Waals surface area contributed by atoms with Crippen LogP contribution in [0.3, 0.4) is 0 Å². The summed E-state index contributed by atoms with van der Waals surface area (Å²) in [7, 11) is 0. The second-order valence-corrected chi connectivity index (χ2v) is 4.57. The molecule has 0 saturated heterocycles. The fourth-order valence-corrected chi connectivity index (χ4v) is 2.00. The molecule has 0 amide bonds. The molecule has 0 saturated carbocycles. The molecule has 110 valence electrons. The van der Waals surface area contributed by atoms with Gasteiger partial charge in [0.25, 0.3) is 0 Å². The molecule has 2 aromatic rings. The first-order valence-corrected chi connectivity index (χ1v) is 6.17. The van der Waals surface area contributed by atoms with Gasteiger partial charge in [0, 0.05) is 0 Å². The van der Waals surface area contributed by atoms with Gasteiger partial charge in [-0.2, -0.15) is 14.9 Å². The number of ether oxygens (including phenoxy) is 1. The summed E-state index contributed by atoms with van der Waals surface area (Å²) >= 11 is 0. The lowest BCUT2D eigenvalue weighted by Crippen LogP contribution is -2.04. The molecule has 0 heterocycles. The second kappa shape index (κ2) is 5.79. The summed E-state index contributed by atoms with van der Waals surface area (Å²) in [5.74, 6) is -5.53. The monoisotopic (exact) mass is 302 g/mol. The van der Waals surface area contributed by atoms with Crippen molar-refractivity contribution in [3.05, 3.63) is 57.9 Å². The van der Waals surface area contributed by atoms with Crippen LogP contribution in [-0.4, -0.2) is 0 Å². The van der Waals surface area contributed by atoms with E-state index in [1.807, 2.05) is 0 Å². The number of rotatable bonds is 2. The van der Waals surface area contributed by atoms with Crippen LogP contribution in [-0.2, 0) is 0 Å². The molecular formula is C16H9F3N2O. The van der Waals surface area contributed by atoms with Gasteiger partial charge >= 0.3 is 0 Å². The van der Waals surface area contributed by atoms with Gasteiger partial charge in [0.2, 0.25) is 11.6 Å². The van der Waals surface area contributed by atoms with E-state index in [1.165, 1.54) is 12.1 Å². The molecule has 2 aromatic carbocycles. The normalized spacial score (nSPS) is 9.95. The van der Waals surface area contributed by atoms with Gasteiger partial charge in [-0.3, -0.25) is 0 Å². The Morgan fingerprint density at radius 1 is 0.818 bits per heavy atom. The Labute approximate surface area is 124 Å². The fraction of sp³-hybridized carbons (Fsp3) is 0.125. The zero-order valence-electron chi connectivity index (χ0n) is 11.7. The van der Waals surface area contributed by atoms with E-state index in [1.54, 1.807) is 32.0 Å². The highest BCUT2D eigenvalue weighted by Crippen LogP contribution is 2.36. The van der Waals surface area contributed by atoms with Crippen LogP contribution in [0.5, 0.6) is 11.5 Å². The summed E-state index contributed by atoms with van der Waals surface area (Å²) in [4.78, 5) is 0. The first kappa shape index (κ1) is 15.4. The van der Waals surface area contributed by atoms with Crippen molar-refractivity contribution in [2.75, 3.05) is 0 Å². The maximum absolute atomic E-state index is 14.2. The van der Waals surface area contributed by atoms with Crippen molar-refractivity contribution in [2.45, 2.75) is 13.8 Å². The molecule has 0 fully saturated rings. The van der Waals surface area contributed by atoms with Gasteiger partial charge in [-0.15, -0.1) is 0 Å². The number of hydrogen-bond acceptors (Lipinski definition) is 3. The minimum absolute atomic E-state index is 0.160. The number of aryl methyl sites for hydroxylation is 2. The van der Waals surface area contributed by atoms with Gasteiger partial charge in [0.1, 0.15) is 29.0 Å². The maximum Gasteiger partial charge on any atom is 0.205 e. The molecule has 0 N–H and O–H groups in total. The Balaban J connectivity index is 2.71. The Morgan fingerprint density at radius 2 is 1.32 bits per heavy atom. The van der Waals surface area contributed by atoms with Crippen LogP contribution in [0.25, 0.3) is 0 Å². The van der Waals surface area contributed by atoms with Gasteiger partial charge in [-0.1, -0.05) is 18.2 Å². The average molecular weight is 302 g/mol. The fourth-order valence-electron chi connectivity index (χ4n) is 2.00. The van der Waals surface area contributed by atoms with Crippen molar-refractivity contribution < 1.29 is 17.9 Å². The number of hydrogen-bond donors (Lipinski definition) is 0. The van der Waals surface area contributed by atoms with Gasteiger partial charge < -0.3 is 4.74 Å². The van der Waals surface area contributed by atoms with Crippen LogP contribution in [0.1, 0.15) is 22.3 Å². The first-order chi connectivity index (χ1) is 10.4. The second-order valence-electron chi connectivity index (χ2n) is 4.57. The molecule has 0 bridgehead atoms. The lowest BCUT2D eigenvalue weighted by atomic mass is 10.1. The zero-order chi connectivity index (χ0) is 16.4. The highest BCUT2D eigenvalue weighted by molar-refractivity contribution is 5.54. The number of halogens is 3. The molecule has 0 aliphatic carbocycles. The molecule has 0 aliphatic heterocycles. The average Bonchev–Trinajstić information content (AvgIpc) is 2.49. The standard InChI is InChI=1S/C16H9F3N2O/c1-8-4-3-5-9(2)15(8)22-16-13(18)11(7-21)10(6-20)12(17)14(16)19/h3-5H,1-2H3. The van der Waals surface area contributed by atoms with Crippen LogP contribution in [0, 0.1) is 54.0 Å². The van der Waals surface area contributed by atoms with Gasteiger partial charge in [0.15, 0.2) is 11.6 Å². The van der Waals surface area contributed by atoms with Crippen molar-refractivity contribution in [3.63, 3.8) is 0 Å². The summed E-state index contributed by atoms with van der Waals surface area (Å²) in [5.41, 5.74) is -0.696. The molecule has 0 spiro atoms.